The Morgan fingerprint density at radius 2 is 2.35 bits per heavy atom. The summed E-state index contributed by atoms with van der Waals surface area (Å²) < 4.78 is 4.68. The van der Waals surface area contributed by atoms with E-state index in [2.05, 4.69) is 22.0 Å². The Morgan fingerprint density at radius 3 is 3.00 bits per heavy atom. The van der Waals surface area contributed by atoms with Crippen LogP contribution < -0.4 is 11.1 Å². The van der Waals surface area contributed by atoms with Gasteiger partial charge >= 0.3 is 5.97 Å². The first kappa shape index (κ1) is 14.7. The SMILES string of the molecule is COC(=O)c1ccc(NCC2CCCN(C)C2)c(N)c1. The van der Waals surface area contributed by atoms with Crippen molar-refractivity contribution in [2.24, 2.45) is 5.92 Å². The maximum absolute atomic E-state index is 11.4. The van der Waals surface area contributed by atoms with E-state index in [0.717, 1.165) is 18.8 Å². The lowest BCUT2D eigenvalue weighted by molar-refractivity contribution is 0.0601. The second-order valence-electron chi connectivity index (χ2n) is 5.45. The number of ether oxygens (including phenoxy) is 1. The number of hydrogen-bond acceptors (Lipinski definition) is 5. The van der Waals surface area contributed by atoms with Crippen LogP contribution in [0.5, 0.6) is 0 Å². The number of carbonyl (C=O) groups excluding carboxylic acids is 1. The van der Waals surface area contributed by atoms with Crippen LogP contribution >= 0.6 is 0 Å². The zero-order valence-corrected chi connectivity index (χ0v) is 12.2. The van der Waals surface area contributed by atoms with Gasteiger partial charge < -0.3 is 20.7 Å². The number of anilines is 2. The number of likely N-dealkylation sites (tertiary alicyclic amines) is 1. The number of benzene rings is 1. The minimum Gasteiger partial charge on any atom is -0.465 e. The van der Waals surface area contributed by atoms with Gasteiger partial charge in [-0.05, 0) is 50.6 Å². The molecule has 1 aliphatic rings. The van der Waals surface area contributed by atoms with Crippen LogP contribution in [0.25, 0.3) is 0 Å². The van der Waals surface area contributed by atoms with E-state index in [9.17, 15) is 4.79 Å². The normalized spacial score (nSPS) is 19.6. The molecule has 1 aromatic carbocycles. The molecule has 20 heavy (non-hydrogen) atoms. The average molecular weight is 277 g/mol. The largest absolute Gasteiger partial charge is 0.465 e. The number of nitrogens with zero attached hydrogens (tertiary/aromatic N) is 1. The fraction of sp³-hybridized carbons (Fsp3) is 0.533. The molecule has 1 atom stereocenters. The van der Waals surface area contributed by atoms with Gasteiger partial charge in [0, 0.05) is 13.1 Å². The van der Waals surface area contributed by atoms with Crippen LogP contribution in [-0.2, 0) is 4.74 Å². The minimum absolute atomic E-state index is 0.364. The van der Waals surface area contributed by atoms with Gasteiger partial charge in [-0.15, -0.1) is 0 Å². The zero-order chi connectivity index (χ0) is 14.5. The van der Waals surface area contributed by atoms with Crippen LogP contribution in [-0.4, -0.2) is 44.7 Å². The molecule has 3 N–H and O–H groups in total. The van der Waals surface area contributed by atoms with Crippen molar-refractivity contribution >= 4 is 17.3 Å². The lowest BCUT2D eigenvalue weighted by Crippen LogP contribution is -2.35. The zero-order valence-electron chi connectivity index (χ0n) is 12.2. The summed E-state index contributed by atoms with van der Waals surface area (Å²) >= 11 is 0. The molecule has 0 aliphatic carbocycles. The predicted molar refractivity (Wildman–Crippen MR) is 80.9 cm³/mol. The molecule has 0 saturated carbocycles. The highest BCUT2D eigenvalue weighted by atomic mass is 16.5. The Balaban J connectivity index is 1.94. The molecule has 1 saturated heterocycles. The van der Waals surface area contributed by atoms with Crippen LogP contribution in [0.15, 0.2) is 18.2 Å². The number of nitrogens with two attached hydrogens (primary N) is 1. The smallest absolute Gasteiger partial charge is 0.337 e. The maximum Gasteiger partial charge on any atom is 0.337 e. The molecule has 1 aliphatic heterocycles. The van der Waals surface area contributed by atoms with Gasteiger partial charge in [0.2, 0.25) is 0 Å². The third-order valence-corrected chi connectivity index (χ3v) is 3.78. The van der Waals surface area contributed by atoms with Gasteiger partial charge in [0.15, 0.2) is 0 Å². The molecule has 1 heterocycles. The Hall–Kier alpha value is -1.75. The molecule has 110 valence electrons. The number of carbonyl (C=O) groups is 1. The quantitative estimate of drug-likeness (QED) is 0.649. The Labute approximate surface area is 120 Å². The van der Waals surface area contributed by atoms with E-state index in [-0.39, 0.29) is 5.97 Å². The van der Waals surface area contributed by atoms with Crippen molar-refractivity contribution in [2.45, 2.75) is 12.8 Å². The van der Waals surface area contributed by atoms with Gasteiger partial charge in [-0.1, -0.05) is 0 Å². The molecular formula is C15H23N3O2. The van der Waals surface area contributed by atoms with Gasteiger partial charge in [-0.2, -0.15) is 0 Å². The van der Waals surface area contributed by atoms with E-state index in [1.807, 2.05) is 6.07 Å². The first-order chi connectivity index (χ1) is 9.60. The molecule has 5 heteroatoms. The number of nitrogens with one attached hydrogen (secondary N) is 1. The van der Waals surface area contributed by atoms with Crippen molar-refractivity contribution in [3.05, 3.63) is 23.8 Å². The van der Waals surface area contributed by atoms with Gasteiger partial charge in [0.05, 0.1) is 24.0 Å². The number of hydrogen-bond donors (Lipinski definition) is 2. The molecule has 5 nitrogen and oxygen atoms in total. The monoisotopic (exact) mass is 277 g/mol. The van der Waals surface area contributed by atoms with E-state index in [4.69, 9.17) is 5.73 Å². The highest BCUT2D eigenvalue weighted by Crippen LogP contribution is 2.22. The van der Waals surface area contributed by atoms with Crippen LogP contribution in [0, 0.1) is 5.92 Å². The fourth-order valence-corrected chi connectivity index (χ4v) is 2.66. The number of rotatable bonds is 4. The summed E-state index contributed by atoms with van der Waals surface area (Å²) in [6.45, 7) is 3.21. The summed E-state index contributed by atoms with van der Waals surface area (Å²) in [5.41, 5.74) is 7.92. The van der Waals surface area contributed by atoms with Crippen molar-refractivity contribution < 1.29 is 9.53 Å². The van der Waals surface area contributed by atoms with Crippen molar-refractivity contribution in [3.8, 4) is 0 Å². The lowest BCUT2D eigenvalue weighted by Gasteiger charge is -2.30. The van der Waals surface area contributed by atoms with Crippen LogP contribution in [0.1, 0.15) is 23.2 Å². The van der Waals surface area contributed by atoms with E-state index in [1.165, 1.54) is 26.5 Å². The molecule has 1 aromatic rings. The van der Waals surface area contributed by atoms with Crippen LogP contribution in [0.4, 0.5) is 11.4 Å². The molecule has 0 spiro atoms. The Bertz CT molecular complexity index is 476. The molecule has 2 rings (SSSR count). The van der Waals surface area contributed by atoms with Gasteiger partial charge in [-0.3, -0.25) is 0 Å². The first-order valence-corrected chi connectivity index (χ1v) is 7.00. The first-order valence-electron chi connectivity index (χ1n) is 7.00. The summed E-state index contributed by atoms with van der Waals surface area (Å²) in [6, 6.07) is 5.23. The average Bonchev–Trinajstić information content (AvgIpc) is 2.45. The predicted octanol–water partition coefficient (Wildman–Crippen LogP) is 1.81. The molecule has 0 radical (unpaired) electrons. The Morgan fingerprint density at radius 1 is 1.55 bits per heavy atom. The minimum atomic E-state index is -0.364. The Kier molecular flexibility index (Phi) is 4.84. The molecule has 1 fully saturated rings. The van der Waals surface area contributed by atoms with E-state index >= 15 is 0 Å². The molecular weight excluding hydrogens is 254 g/mol. The van der Waals surface area contributed by atoms with Gasteiger partial charge in [0.25, 0.3) is 0 Å². The third kappa shape index (κ3) is 3.63. The van der Waals surface area contributed by atoms with Crippen molar-refractivity contribution in [1.82, 2.24) is 4.90 Å². The highest BCUT2D eigenvalue weighted by Gasteiger charge is 2.17. The molecule has 1 unspecified atom stereocenters. The number of esters is 1. The van der Waals surface area contributed by atoms with E-state index < -0.39 is 0 Å². The lowest BCUT2D eigenvalue weighted by atomic mass is 9.98. The maximum atomic E-state index is 11.4. The second kappa shape index (κ2) is 6.61. The van der Waals surface area contributed by atoms with Crippen LogP contribution in [0.2, 0.25) is 0 Å². The van der Waals surface area contributed by atoms with Gasteiger partial charge in [-0.25, -0.2) is 4.79 Å². The molecule has 0 amide bonds. The molecule has 0 bridgehead atoms. The van der Waals surface area contributed by atoms with Crippen LogP contribution in [0.3, 0.4) is 0 Å². The highest BCUT2D eigenvalue weighted by molar-refractivity contribution is 5.91. The van der Waals surface area contributed by atoms with Crippen molar-refractivity contribution in [3.63, 3.8) is 0 Å². The van der Waals surface area contributed by atoms with E-state index in [1.54, 1.807) is 12.1 Å². The summed E-state index contributed by atoms with van der Waals surface area (Å²) in [5.74, 6) is 0.283. The summed E-state index contributed by atoms with van der Waals surface area (Å²) in [4.78, 5) is 13.8. The third-order valence-electron chi connectivity index (χ3n) is 3.78. The van der Waals surface area contributed by atoms with E-state index in [0.29, 0.717) is 17.2 Å². The summed E-state index contributed by atoms with van der Waals surface area (Å²) in [7, 11) is 3.52. The van der Waals surface area contributed by atoms with Crippen molar-refractivity contribution in [1.29, 1.82) is 0 Å². The summed E-state index contributed by atoms with van der Waals surface area (Å²) in [5, 5.41) is 3.38. The number of methoxy groups -OCH3 is 1. The van der Waals surface area contributed by atoms with Crippen molar-refractivity contribution in [2.75, 3.05) is 44.8 Å². The van der Waals surface area contributed by atoms with Gasteiger partial charge in [0.1, 0.15) is 0 Å². The fourth-order valence-electron chi connectivity index (χ4n) is 2.66. The number of piperidine rings is 1. The summed E-state index contributed by atoms with van der Waals surface area (Å²) in [6.07, 6.45) is 2.50. The number of nitrogen functional groups attached to an aromatic ring is 1. The molecule has 0 aromatic heterocycles. The topological polar surface area (TPSA) is 67.6 Å². The second-order valence-corrected chi connectivity index (χ2v) is 5.45. The standard InChI is InChI=1S/C15H23N3O2/c1-18-7-3-4-11(10-18)9-17-14-6-5-12(8-13(14)16)15(19)20-2/h5-6,8,11,17H,3-4,7,9-10,16H2,1-2H3.